The van der Waals surface area contributed by atoms with Crippen molar-refractivity contribution < 1.29 is 13.2 Å². The number of hydrogen-bond acceptors (Lipinski definition) is 2. The van der Waals surface area contributed by atoms with Gasteiger partial charge in [0.25, 0.3) is 5.92 Å². The van der Waals surface area contributed by atoms with Crippen molar-refractivity contribution >= 4 is 5.69 Å². The summed E-state index contributed by atoms with van der Waals surface area (Å²) in [5.41, 5.74) is 5.82. The van der Waals surface area contributed by atoms with Gasteiger partial charge in [-0.15, -0.1) is 0 Å². The zero-order valence-electron chi connectivity index (χ0n) is 9.30. The van der Waals surface area contributed by atoms with Gasteiger partial charge in [0, 0.05) is 26.2 Å². The first kappa shape index (κ1) is 12.8. The van der Waals surface area contributed by atoms with Crippen LogP contribution >= 0.6 is 0 Å². The largest absolute Gasteiger partial charge is 0.377 e. The molecule has 2 N–H and O–H groups in total. The average Bonchev–Trinajstić information content (AvgIpc) is 2.20. The van der Waals surface area contributed by atoms with Crippen LogP contribution in [0.5, 0.6) is 0 Å². The first-order valence-corrected chi connectivity index (χ1v) is 4.89. The molecule has 0 aliphatic carbocycles. The van der Waals surface area contributed by atoms with E-state index in [0.717, 1.165) is 0 Å². The van der Waals surface area contributed by atoms with Crippen LogP contribution < -0.4 is 10.6 Å². The van der Waals surface area contributed by atoms with Crippen LogP contribution in [0.1, 0.15) is 5.56 Å². The van der Waals surface area contributed by atoms with Crippen LogP contribution in [-0.4, -0.2) is 26.6 Å². The molecule has 90 valence electrons. The molecule has 0 aliphatic heterocycles. The molecule has 0 saturated heterocycles. The molecular weight excluding hydrogens is 217 g/mol. The summed E-state index contributed by atoms with van der Waals surface area (Å²) in [6, 6.07) is 3.78. The maximum atomic E-state index is 13.1. The van der Waals surface area contributed by atoms with E-state index in [-0.39, 0.29) is 0 Å². The van der Waals surface area contributed by atoms with E-state index in [1.54, 1.807) is 19.0 Å². The van der Waals surface area contributed by atoms with E-state index in [9.17, 15) is 13.2 Å². The number of nitrogens with zero attached hydrogens (tertiary/aromatic N) is 1. The number of anilines is 1. The molecule has 1 rings (SSSR count). The molecule has 0 aliphatic rings. The monoisotopic (exact) mass is 232 g/mol. The van der Waals surface area contributed by atoms with Crippen molar-refractivity contribution in [1.29, 1.82) is 0 Å². The lowest BCUT2D eigenvalue weighted by atomic mass is 10.0. The molecule has 1 aromatic carbocycles. The summed E-state index contributed by atoms with van der Waals surface area (Å²) in [6.07, 6.45) is -0.475. The molecular formula is C11H15F3N2. The third kappa shape index (κ3) is 3.13. The Hall–Kier alpha value is -1.23. The van der Waals surface area contributed by atoms with Crippen LogP contribution in [0.3, 0.4) is 0 Å². The fourth-order valence-corrected chi connectivity index (χ4v) is 1.45. The quantitative estimate of drug-likeness (QED) is 0.860. The molecule has 16 heavy (non-hydrogen) atoms. The van der Waals surface area contributed by atoms with E-state index < -0.39 is 24.7 Å². The number of alkyl halides is 2. The lowest BCUT2D eigenvalue weighted by molar-refractivity contribution is 0.0116. The lowest BCUT2D eigenvalue weighted by Gasteiger charge is -2.20. The van der Waals surface area contributed by atoms with Gasteiger partial charge in [-0.25, -0.2) is 13.2 Å². The maximum absolute atomic E-state index is 13.1. The van der Waals surface area contributed by atoms with Crippen LogP contribution in [0.4, 0.5) is 18.9 Å². The molecule has 2 nitrogen and oxygen atoms in total. The van der Waals surface area contributed by atoms with Gasteiger partial charge in [0.1, 0.15) is 5.82 Å². The highest BCUT2D eigenvalue weighted by atomic mass is 19.3. The van der Waals surface area contributed by atoms with E-state index in [4.69, 9.17) is 5.73 Å². The summed E-state index contributed by atoms with van der Waals surface area (Å²) in [6.45, 7) is -0.711. The van der Waals surface area contributed by atoms with Crippen molar-refractivity contribution in [3.05, 3.63) is 29.6 Å². The van der Waals surface area contributed by atoms with Crippen molar-refractivity contribution in [2.75, 3.05) is 25.5 Å². The van der Waals surface area contributed by atoms with E-state index in [1.807, 2.05) is 0 Å². The number of halogens is 3. The molecule has 0 aromatic heterocycles. The normalized spacial score (nSPS) is 11.6. The highest BCUT2D eigenvalue weighted by molar-refractivity contribution is 5.53. The Labute approximate surface area is 92.9 Å². The Morgan fingerprint density at radius 2 is 1.94 bits per heavy atom. The highest BCUT2D eigenvalue weighted by Gasteiger charge is 2.28. The second-order valence-electron chi connectivity index (χ2n) is 3.90. The SMILES string of the molecule is CN(C)c1cc(F)ccc1CC(F)(F)CN. The Morgan fingerprint density at radius 1 is 1.31 bits per heavy atom. The minimum atomic E-state index is -2.96. The Kier molecular flexibility index (Phi) is 3.80. The fourth-order valence-electron chi connectivity index (χ4n) is 1.45. The Morgan fingerprint density at radius 3 is 2.44 bits per heavy atom. The smallest absolute Gasteiger partial charge is 0.264 e. The summed E-state index contributed by atoms with van der Waals surface area (Å²) < 4.78 is 39.3. The van der Waals surface area contributed by atoms with Gasteiger partial charge in [-0.3, -0.25) is 0 Å². The number of nitrogens with two attached hydrogens (primary N) is 1. The predicted octanol–water partition coefficient (Wildman–Crippen LogP) is 2.03. The van der Waals surface area contributed by atoms with E-state index in [0.29, 0.717) is 11.3 Å². The van der Waals surface area contributed by atoms with Crippen molar-refractivity contribution in [2.45, 2.75) is 12.3 Å². The van der Waals surface area contributed by atoms with Gasteiger partial charge in [0.15, 0.2) is 0 Å². The predicted molar refractivity (Wildman–Crippen MR) is 58.4 cm³/mol. The van der Waals surface area contributed by atoms with Gasteiger partial charge >= 0.3 is 0 Å². The number of rotatable bonds is 4. The molecule has 0 fully saturated rings. The molecule has 0 amide bonds. The minimum Gasteiger partial charge on any atom is -0.377 e. The van der Waals surface area contributed by atoms with E-state index >= 15 is 0 Å². The summed E-state index contributed by atoms with van der Waals surface area (Å²) in [5, 5.41) is 0. The van der Waals surface area contributed by atoms with Gasteiger partial charge in [-0.05, 0) is 17.7 Å². The molecule has 0 unspecified atom stereocenters. The summed E-state index contributed by atoms with van der Waals surface area (Å²) >= 11 is 0. The minimum absolute atomic E-state index is 0.391. The molecule has 1 aromatic rings. The molecule has 0 saturated carbocycles. The Bertz CT molecular complexity index is 364. The molecule has 0 atom stereocenters. The van der Waals surface area contributed by atoms with E-state index in [1.165, 1.54) is 18.2 Å². The second-order valence-corrected chi connectivity index (χ2v) is 3.90. The third-order valence-electron chi connectivity index (χ3n) is 2.28. The highest BCUT2D eigenvalue weighted by Crippen LogP contribution is 2.26. The summed E-state index contributed by atoms with van der Waals surface area (Å²) in [5.74, 6) is -3.40. The number of hydrogen-bond donors (Lipinski definition) is 1. The van der Waals surface area contributed by atoms with Gasteiger partial charge in [0.2, 0.25) is 0 Å². The zero-order chi connectivity index (χ0) is 12.3. The van der Waals surface area contributed by atoms with Gasteiger partial charge < -0.3 is 10.6 Å². The molecule has 0 spiro atoms. The Balaban J connectivity index is 3.04. The van der Waals surface area contributed by atoms with Gasteiger partial charge in [-0.1, -0.05) is 6.07 Å². The third-order valence-corrected chi connectivity index (χ3v) is 2.28. The lowest BCUT2D eigenvalue weighted by Crippen LogP contribution is -2.30. The van der Waals surface area contributed by atoms with Gasteiger partial charge in [-0.2, -0.15) is 0 Å². The summed E-state index contributed by atoms with van der Waals surface area (Å²) in [4.78, 5) is 1.60. The van der Waals surface area contributed by atoms with Crippen molar-refractivity contribution in [1.82, 2.24) is 0 Å². The zero-order valence-corrected chi connectivity index (χ0v) is 9.30. The van der Waals surface area contributed by atoms with Gasteiger partial charge in [0.05, 0.1) is 6.54 Å². The van der Waals surface area contributed by atoms with E-state index in [2.05, 4.69) is 0 Å². The second kappa shape index (κ2) is 4.74. The molecule has 0 heterocycles. The van der Waals surface area contributed by atoms with Crippen LogP contribution in [0.2, 0.25) is 0 Å². The molecule has 0 bridgehead atoms. The van der Waals surface area contributed by atoms with Crippen LogP contribution in [-0.2, 0) is 6.42 Å². The van der Waals surface area contributed by atoms with Crippen molar-refractivity contribution in [3.63, 3.8) is 0 Å². The first-order chi connectivity index (χ1) is 7.35. The topological polar surface area (TPSA) is 29.3 Å². The maximum Gasteiger partial charge on any atom is 0.264 e. The average molecular weight is 232 g/mol. The summed E-state index contributed by atoms with van der Waals surface area (Å²) in [7, 11) is 3.36. The van der Waals surface area contributed by atoms with Crippen molar-refractivity contribution in [3.8, 4) is 0 Å². The molecule has 0 radical (unpaired) electrons. The van der Waals surface area contributed by atoms with Crippen molar-refractivity contribution in [2.24, 2.45) is 5.73 Å². The van der Waals surface area contributed by atoms with Crippen LogP contribution in [0.25, 0.3) is 0 Å². The molecule has 5 heteroatoms. The number of benzene rings is 1. The standard InChI is InChI=1S/C11H15F3N2/c1-16(2)10-5-9(12)4-3-8(10)6-11(13,14)7-15/h3-5H,6-7,15H2,1-2H3. The van der Waals surface area contributed by atoms with Crippen LogP contribution in [0.15, 0.2) is 18.2 Å². The van der Waals surface area contributed by atoms with Crippen LogP contribution in [0, 0.1) is 5.82 Å². The first-order valence-electron chi connectivity index (χ1n) is 4.89. The fraction of sp³-hybridized carbons (Fsp3) is 0.455.